The van der Waals surface area contributed by atoms with E-state index in [1.54, 1.807) is 18.3 Å². The molecule has 0 saturated carbocycles. The lowest BCUT2D eigenvalue weighted by Crippen LogP contribution is -2.18. The number of hydrogen-bond acceptors (Lipinski definition) is 4. The van der Waals surface area contributed by atoms with E-state index in [0.717, 1.165) is 26.6 Å². The molecule has 0 spiro atoms. The van der Waals surface area contributed by atoms with Crippen molar-refractivity contribution in [2.75, 3.05) is 4.72 Å². The molecule has 0 atom stereocenters. The highest BCUT2D eigenvalue weighted by molar-refractivity contribution is 9.10. The highest BCUT2D eigenvalue weighted by atomic mass is 79.9. The Balaban J connectivity index is 1.42. The Kier molecular flexibility index (Phi) is 6.11. The summed E-state index contributed by atoms with van der Waals surface area (Å²) in [4.78, 5) is 15.8. The monoisotopic (exact) mass is 510 g/mol. The fraction of sp³-hybridized carbons (Fsp3) is 0.0435. The van der Waals surface area contributed by atoms with Crippen LogP contribution in [0.1, 0.15) is 21.6 Å². The summed E-state index contributed by atoms with van der Waals surface area (Å²) in [7, 11) is -3.72. The van der Waals surface area contributed by atoms with Crippen LogP contribution in [0.4, 0.5) is 5.69 Å². The molecule has 1 amide bonds. The molecule has 0 radical (unpaired) electrons. The number of halogens is 1. The minimum absolute atomic E-state index is 0.143. The van der Waals surface area contributed by atoms with E-state index in [0.29, 0.717) is 11.3 Å². The lowest BCUT2D eigenvalue weighted by Gasteiger charge is -2.09. The van der Waals surface area contributed by atoms with Crippen molar-refractivity contribution in [2.45, 2.75) is 11.8 Å². The molecule has 0 saturated heterocycles. The number of hydrogen-bond donors (Lipinski definition) is 3. The van der Waals surface area contributed by atoms with Gasteiger partial charge in [-0.05, 0) is 61.5 Å². The van der Waals surface area contributed by atoms with Crippen molar-refractivity contribution < 1.29 is 13.2 Å². The number of hydrazone groups is 1. The number of sulfonamides is 1. The molecule has 7 nitrogen and oxygen atoms in total. The maximum absolute atomic E-state index is 12.5. The molecule has 0 aliphatic carbocycles. The van der Waals surface area contributed by atoms with Gasteiger partial charge in [0.15, 0.2) is 0 Å². The lowest BCUT2D eigenvalue weighted by atomic mass is 10.1. The topological polar surface area (TPSA) is 103 Å². The molecule has 1 aromatic heterocycles. The quantitative estimate of drug-likeness (QED) is 0.256. The second-order valence-corrected chi connectivity index (χ2v) is 9.64. The van der Waals surface area contributed by atoms with Gasteiger partial charge in [0.05, 0.1) is 11.1 Å². The number of aromatic nitrogens is 1. The van der Waals surface area contributed by atoms with Gasteiger partial charge in [-0.2, -0.15) is 5.10 Å². The van der Waals surface area contributed by atoms with E-state index in [4.69, 9.17) is 0 Å². The molecular weight excluding hydrogens is 492 g/mol. The summed E-state index contributed by atoms with van der Waals surface area (Å²) in [5.74, 6) is -0.402. The molecule has 3 N–H and O–H groups in total. The highest BCUT2D eigenvalue weighted by Crippen LogP contribution is 2.20. The lowest BCUT2D eigenvalue weighted by molar-refractivity contribution is 0.0955. The van der Waals surface area contributed by atoms with Gasteiger partial charge >= 0.3 is 0 Å². The number of benzene rings is 3. The number of aryl methyl sites for hydroxylation is 1. The van der Waals surface area contributed by atoms with E-state index >= 15 is 0 Å². The summed E-state index contributed by atoms with van der Waals surface area (Å²) in [6.45, 7) is 1.94. The van der Waals surface area contributed by atoms with E-state index in [1.807, 2.05) is 31.2 Å². The van der Waals surface area contributed by atoms with Crippen molar-refractivity contribution in [3.63, 3.8) is 0 Å². The number of nitrogens with zero attached hydrogens (tertiary/aromatic N) is 1. The summed E-state index contributed by atoms with van der Waals surface area (Å²) < 4.78 is 28.2. The predicted octanol–water partition coefficient (Wildman–Crippen LogP) is 4.80. The van der Waals surface area contributed by atoms with Crippen LogP contribution in [0, 0.1) is 6.92 Å². The molecule has 3 aromatic carbocycles. The van der Waals surface area contributed by atoms with E-state index < -0.39 is 15.9 Å². The van der Waals surface area contributed by atoms with Gasteiger partial charge in [0, 0.05) is 37.9 Å². The first-order chi connectivity index (χ1) is 15.3. The van der Waals surface area contributed by atoms with Crippen molar-refractivity contribution in [1.29, 1.82) is 0 Å². The number of amides is 1. The number of para-hydroxylation sites is 1. The third kappa shape index (κ3) is 4.74. The third-order valence-corrected chi connectivity index (χ3v) is 6.75. The summed E-state index contributed by atoms with van der Waals surface area (Å²) in [6, 6.07) is 20.3. The molecule has 9 heteroatoms. The van der Waals surface area contributed by atoms with Crippen LogP contribution in [0.15, 0.2) is 87.3 Å². The van der Waals surface area contributed by atoms with Crippen LogP contribution in [0.5, 0.6) is 0 Å². The normalized spacial score (nSPS) is 11.7. The number of nitrogens with one attached hydrogen (secondary N) is 3. The first-order valence-corrected chi connectivity index (χ1v) is 11.9. The fourth-order valence-corrected chi connectivity index (χ4v) is 4.53. The smallest absolute Gasteiger partial charge is 0.271 e. The predicted molar refractivity (Wildman–Crippen MR) is 129 cm³/mol. The molecule has 0 aliphatic heterocycles. The average molecular weight is 511 g/mol. The molecular formula is C23H19BrN4O3S. The van der Waals surface area contributed by atoms with E-state index in [2.05, 4.69) is 36.2 Å². The maximum atomic E-state index is 12.5. The number of fused-ring (bicyclic) bond motifs is 1. The Labute approximate surface area is 193 Å². The Bertz CT molecular complexity index is 1410. The molecule has 32 heavy (non-hydrogen) atoms. The van der Waals surface area contributed by atoms with Gasteiger partial charge in [-0.15, -0.1) is 0 Å². The minimum Gasteiger partial charge on any atom is -0.358 e. The molecule has 0 fully saturated rings. The van der Waals surface area contributed by atoms with Gasteiger partial charge in [0.1, 0.15) is 0 Å². The summed E-state index contributed by atoms with van der Waals surface area (Å²) in [6.07, 6.45) is 1.60. The van der Waals surface area contributed by atoms with Crippen LogP contribution in [-0.4, -0.2) is 25.5 Å². The third-order valence-electron chi connectivity index (χ3n) is 4.83. The number of H-pyrrole nitrogens is 1. The number of anilines is 1. The Morgan fingerprint density at radius 2 is 1.69 bits per heavy atom. The Morgan fingerprint density at radius 1 is 1.00 bits per heavy atom. The van der Waals surface area contributed by atoms with Crippen LogP contribution < -0.4 is 10.1 Å². The fourth-order valence-electron chi connectivity index (χ4n) is 3.20. The largest absolute Gasteiger partial charge is 0.358 e. The molecule has 162 valence electrons. The highest BCUT2D eigenvalue weighted by Gasteiger charge is 2.14. The Morgan fingerprint density at radius 3 is 2.41 bits per heavy atom. The zero-order valence-electron chi connectivity index (χ0n) is 17.0. The van der Waals surface area contributed by atoms with Gasteiger partial charge in [-0.3, -0.25) is 9.52 Å². The van der Waals surface area contributed by atoms with Crippen LogP contribution in [-0.2, 0) is 10.0 Å². The molecule has 1 heterocycles. The van der Waals surface area contributed by atoms with Gasteiger partial charge in [0.2, 0.25) is 0 Å². The van der Waals surface area contributed by atoms with Crippen molar-refractivity contribution in [3.05, 3.63) is 94.1 Å². The summed E-state index contributed by atoms with van der Waals surface area (Å²) in [5, 5.41) is 5.09. The molecule has 0 bridgehead atoms. The van der Waals surface area contributed by atoms with Gasteiger partial charge in [-0.25, -0.2) is 13.8 Å². The van der Waals surface area contributed by atoms with Crippen molar-refractivity contribution in [1.82, 2.24) is 10.4 Å². The van der Waals surface area contributed by atoms with Crippen molar-refractivity contribution in [2.24, 2.45) is 5.10 Å². The minimum atomic E-state index is -3.72. The van der Waals surface area contributed by atoms with E-state index in [1.165, 1.54) is 36.4 Å². The molecule has 4 rings (SSSR count). The van der Waals surface area contributed by atoms with Gasteiger partial charge in [-0.1, -0.05) is 34.1 Å². The van der Waals surface area contributed by atoms with Crippen LogP contribution in [0.3, 0.4) is 0 Å². The maximum Gasteiger partial charge on any atom is 0.271 e. The van der Waals surface area contributed by atoms with Crippen molar-refractivity contribution in [3.8, 4) is 0 Å². The zero-order chi connectivity index (χ0) is 22.7. The number of carbonyl (C=O) groups is 1. The van der Waals surface area contributed by atoms with Crippen LogP contribution in [0.2, 0.25) is 0 Å². The molecule has 4 aromatic rings. The van der Waals surface area contributed by atoms with Gasteiger partial charge < -0.3 is 4.98 Å². The first-order valence-electron chi connectivity index (χ1n) is 9.63. The second kappa shape index (κ2) is 8.97. The SMILES string of the molecule is Cc1[nH]c2ccccc2c1C=NNC(=O)c1ccc(NS(=O)(=O)c2ccc(Br)cc2)cc1. The summed E-state index contributed by atoms with van der Waals surface area (Å²) in [5.41, 5.74) is 6.05. The standard InChI is InChI=1S/C23H19BrN4O3S/c1-15-21(20-4-2-3-5-22(20)26-15)14-25-27-23(29)16-6-10-18(11-7-16)28-32(30,31)19-12-8-17(24)9-13-19/h2-14,26,28H,1H3,(H,27,29). The number of rotatable bonds is 6. The zero-order valence-corrected chi connectivity index (χ0v) is 19.4. The van der Waals surface area contributed by atoms with Gasteiger partial charge in [0.25, 0.3) is 15.9 Å². The van der Waals surface area contributed by atoms with E-state index in [9.17, 15) is 13.2 Å². The Hall–Kier alpha value is -3.43. The number of aromatic amines is 1. The van der Waals surface area contributed by atoms with E-state index in [-0.39, 0.29) is 4.90 Å². The molecule has 0 aliphatic rings. The number of carbonyl (C=O) groups excluding carboxylic acids is 1. The van der Waals surface area contributed by atoms with Crippen molar-refractivity contribution >= 4 is 54.7 Å². The average Bonchev–Trinajstić information content (AvgIpc) is 3.09. The van der Waals surface area contributed by atoms with Crippen LogP contribution >= 0.6 is 15.9 Å². The molecule has 0 unspecified atom stereocenters. The first kappa shape index (κ1) is 21.8. The second-order valence-electron chi connectivity index (χ2n) is 7.05. The summed E-state index contributed by atoms with van der Waals surface area (Å²) >= 11 is 3.28. The van der Waals surface area contributed by atoms with Crippen LogP contribution in [0.25, 0.3) is 10.9 Å².